The van der Waals surface area contributed by atoms with Crippen LogP contribution in [0.15, 0.2) is 60.7 Å². The molecule has 1 aromatic heterocycles. The predicted octanol–water partition coefficient (Wildman–Crippen LogP) is 4.52. The van der Waals surface area contributed by atoms with Crippen LogP contribution in [-0.4, -0.2) is 40.5 Å². The Labute approximate surface area is 170 Å². The molecule has 4 rings (SSSR count). The van der Waals surface area contributed by atoms with E-state index in [0.717, 1.165) is 42.9 Å². The van der Waals surface area contributed by atoms with Gasteiger partial charge in [0.15, 0.2) is 5.82 Å². The van der Waals surface area contributed by atoms with Crippen molar-refractivity contribution in [1.29, 1.82) is 0 Å². The number of amides is 1. The summed E-state index contributed by atoms with van der Waals surface area (Å²) in [5, 5.41) is 3.29. The van der Waals surface area contributed by atoms with Crippen molar-refractivity contribution in [2.75, 3.05) is 25.0 Å². The first kappa shape index (κ1) is 18.9. The van der Waals surface area contributed by atoms with E-state index in [2.05, 4.69) is 15.3 Å². The summed E-state index contributed by atoms with van der Waals surface area (Å²) in [5.41, 5.74) is 2.15. The van der Waals surface area contributed by atoms with Gasteiger partial charge in [-0.15, -0.1) is 0 Å². The van der Waals surface area contributed by atoms with E-state index >= 15 is 0 Å². The molecule has 6 nitrogen and oxygen atoms in total. The fraction of sp³-hybridized carbons (Fsp3) is 0.261. The summed E-state index contributed by atoms with van der Waals surface area (Å²) in [6.45, 7) is 4.15. The van der Waals surface area contributed by atoms with E-state index in [1.807, 2.05) is 66.4 Å². The van der Waals surface area contributed by atoms with Gasteiger partial charge in [-0.05, 0) is 44.0 Å². The van der Waals surface area contributed by atoms with Crippen molar-refractivity contribution in [3.63, 3.8) is 0 Å². The van der Waals surface area contributed by atoms with Gasteiger partial charge in [0.05, 0.1) is 6.61 Å². The maximum Gasteiger partial charge on any atom is 0.272 e. The lowest BCUT2D eigenvalue weighted by Gasteiger charge is -2.16. The van der Waals surface area contributed by atoms with Gasteiger partial charge < -0.3 is 15.0 Å². The molecule has 0 radical (unpaired) electrons. The van der Waals surface area contributed by atoms with Crippen molar-refractivity contribution in [1.82, 2.24) is 14.9 Å². The van der Waals surface area contributed by atoms with Crippen LogP contribution in [0.1, 0.15) is 30.3 Å². The Morgan fingerprint density at radius 1 is 1.03 bits per heavy atom. The van der Waals surface area contributed by atoms with E-state index in [0.29, 0.717) is 23.9 Å². The van der Waals surface area contributed by atoms with Gasteiger partial charge in [0, 0.05) is 30.4 Å². The topological polar surface area (TPSA) is 67.3 Å². The zero-order valence-corrected chi connectivity index (χ0v) is 16.5. The number of nitrogens with zero attached hydrogens (tertiary/aromatic N) is 3. The van der Waals surface area contributed by atoms with Crippen molar-refractivity contribution in [2.45, 2.75) is 19.8 Å². The van der Waals surface area contributed by atoms with Crippen LogP contribution in [-0.2, 0) is 0 Å². The first-order chi connectivity index (χ1) is 14.2. The fourth-order valence-electron chi connectivity index (χ4n) is 3.37. The highest BCUT2D eigenvalue weighted by Crippen LogP contribution is 2.23. The van der Waals surface area contributed by atoms with Crippen LogP contribution in [0, 0.1) is 0 Å². The van der Waals surface area contributed by atoms with Gasteiger partial charge in [0.1, 0.15) is 17.3 Å². The second-order valence-corrected chi connectivity index (χ2v) is 6.91. The Kier molecular flexibility index (Phi) is 5.70. The summed E-state index contributed by atoms with van der Waals surface area (Å²) in [7, 11) is 0. The number of likely N-dealkylation sites (tertiary alicyclic amines) is 1. The zero-order valence-electron chi connectivity index (χ0n) is 16.5. The van der Waals surface area contributed by atoms with Crippen LogP contribution < -0.4 is 10.1 Å². The van der Waals surface area contributed by atoms with E-state index < -0.39 is 0 Å². The molecule has 1 aliphatic rings. The summed E-state index contributed by atoms with van der Waals surface area (Å²) < 4.78 is 5.49. The molecule has 0 bridgehead atoms. The summed E-state index contributed by atoms with van der Waals surface area (Å²) in [4.78, 5) is 24.0. The molecule has 0 atom stereocenters. The highest BCUT2D eigenvalue weighted by molar-refractivity contribution is 5.93. The van der Waals surface area contributed by atoms with Gasteiger partial charge in [0.25, 0.3) is 5.91 Å². The minimum Gasteiger partial charge on any atom is -0.494 e. The van der Waals surface area contributed by atoms with E-state index in [1.54, 1.807) is 6.07 Å². The van der Waals surface area contributed by atoms with Crippen molar-refractivity contribution >= 4 is 17.4 Å². The molecule has 1 saturated heterocycles. The highest BCUT2D eigenvalue weighted by Gasteiger charge is 2.22. The van der Waals surface area contributed by atoms with Crippen LogP contribution >= 0.6 is 0 Å². The Hall–Kier alpha value is -3.41. The van der Waals surface area contributed by atoms with E-state index in [1.165, 1.54) is 0 Å². The number of carbonyl (C=O) groups is 1. The number of ether oxygens (including phenoxy) is 1. The molecule has 1 fully saturated rings. The van der Waals surface area contributed by atoms with E-state index in [-0.39, 0.29) is 5.91 Å². The first-order valence-corrected chi connectivity index (χ1v) is 9.96. The summed E-state index contributed by atoms with van der Waals surface area (Å²) in [6.07, 6.45) is 2.08. The van der Waals surface area contributed by atoms with E-state index in [9.17, 15) is 4.79 Å². The molecule has 2 aromatic carbocycles. The average molecular weight is 388 g/mol. The first-order valence-electron chi connectivity index (χ1n) is 9.96. The van der Waals surface area contributed by atoms with Gasteiger partial charge in [-0.2, -0.15) is 0 Å². The van der Waals surface area contributed by atoms with Crippen LogP contribution in [0.4, 0.5) is 11.5 Å². The minimum atomic E-state index is -0.0446. The molecule has 6 heteroatoms. The summed E-state index contributed by atoms with van der Waals surface area (Å²) in [6, 6.07) is 19.1. The van der Waals surface area contributed by atoms with Crippen LogP contribution in [0.25, 0.3) is 11.4 Å². The second kappa shape index (κ2) is 8.73. The van der Waals surface area contributed by atoms with Crippen molar-refractivity contribution < 1.29 is 9.53 Å². The Morgan fingerprint density at radius 3 is 2.45 bits per heavy atom. The Bertz CT molecular complexity index is 968. The molecule has 1 N–H and O–H groups in total. The monoisotopic (exact) mass is 388 g/mol. The number of hydrogen-bond acceptors (Lipinski definition) is 5. The number of aromatic nitrogens is 2. The molecule has 0 saturated carbocycles. The highest BCUT2D eigenvalue weighted by atomic mass is 16.5. The van der Waals surface area contributed by atoms with Gasteiger partial charge >= 0.3 is 0 Å². The van der Waals surface area contributed by atoms with Crippen molar-refractivity contribution in [3.05, 3.63) is 66.4 Å². The lowest BCUT2D eigenvalue weighted by atomic mass is 10.2. The van der Waals surface area contributed by atoms with Crippen molar-refractivity contribution in [2.24, 2.45) is 0 Å². The van der Waals surface area contributed by atoms with Crippen LogP contribution in [0.5, 0.6) is 5.75 Å². The van der Waals surface area contributed by atoms with Crippen molar-refractivity contribution in [3.8, 4) is 17.1 Å². The number of benzene rings is 2. The van der Waals surface area contributed by atoms with E-state index in [4.69, 9.17) is 4.74 Å². The number of nitrogens with one attached hydrogen (secondary N) is 1. The largest absolute Gasteiger partial charge is 0.494 e. The molecule has 1 aliphatic heterocycles. The fourth-order valence-corrected chi connectivity index (χ4v) is 3.37. The lowest BCUT2D eigenvalue weighted by Crippen LogP contribution is -2.28. The molecule has 1 amide bonds. The standard InChI is InChI=1S/C23H24N4O2/c1-2-29-19-12-10-18(11-13-19)24-21-16-20(23(28)27-14-6-7-15-27)25-22(26-21)17-8-4-3-5-9-17/h3-5,8-13,16H,2,6-7,14-15H2,1H3,(H,24,25,26). The number of carbonyl (C=O) groups excluding carboxylic acids is 1. The molecule has 0 aliphatic carbocycles. The minimum absolute atomic E-state index is 0.0446. The number of hydrogen-bond donors (Lipinski definition) is 1. The quantitative estimate of drug-likeness (QED) is 0.672. The summed E-state index contributed by atoms with van der Waals surface area (Å²) in [5.74, 6) is 1.89. The Morgan fingerprint density at radius 2 is 1.76 bits per heavy atom. The third-order valence-corrected chi connectivity index (χ3v) is 4.81. The molecule has 2 heterocycles. The van der Waals surface area contributed by atoms with Crippen LogP contribution in [0.3, 0.4) is 0 Å². The molecule has 0 unspecified atom stereocenters. The van der Waals surface area contributed by atoms with Gasteiger partial charge in [0.2, 0.25) is 0 Å². The molecule has 0 spiro atoms. The molecule has 3 aromatic rings. The SMILES string of the molecule is CCOc1ccc(Nc2cc(C(=O)N3CCCC3)nc(-c3ccccc3)n2)cc1. The van der Waals surface area contributed by atoms with Gasteiger partial charge in [-0.25, -0.2) is 9.97 Å². The Balaban J connectivity index is 1.66. The maximum absolute atomic E-state index is 12.9. The zero-order chi connectivity index (χ0) is 20.1. The van der Waals surface area contributed by atoms with Crippen LogP contribution in [0.2, 0.25) is 0 Å². The molecular formula is C23H24N4O2. The molecule has 29 heavy (non-hydrogen) atoms. The second-order valence-electron chi connectivity index (χ2n) is 6.91. The average Bonchev–Trinajstić information content (AvgIpc) is 3.30. The third kappa shape index (κ3) is 4.54. The predicted molar refractivity (Wildman–Crippen MR) is 113 cm³/mol. The normalized spacial score (nSPS) is 13.3. The van der Waals surface area contributed by atoms with Gasteiger partial charge in [-0.3, -0.25) is 4.79 Å². The molecule has 148 valence electrons. The lowest BCUT2D eigenvalue weighted by molar-refractivity contribution is 0.0787. The number of anilines is 2. The maximum atomic E-state index is 12.9. The third-order valence-electron chi connectivity index (χ3n) is 4.81. The van der Waals surface area contributed by atoms with Gasteiger partial charge in [-0.1, -0.05) is 30.3 Å². The smallest absolute Gasteiger partial charge is 0.272 e. The number of rotatable bonds is 6. The summed E-state index contributed by atoms with van der Waals surface area (Å²) >= 11 is 0. The molecular weight excluding hydrogens is 364 g/mol.